The molecule has 0 aliphatic carbocycles. The summed E-state index contributed by atoms with van der Waals surface area (Å²) in [4.78, 5) is 7.96. The molecule has 0 fully saturated rings. The van der Waals surface area contributed by atoms with Gasteiger partial charge in [-0.1, -0.05) is 0 Å². The van der Waals surface area contributed by atoms with Crippen molar-refractivity contribution in [3.63, 3.8) is 0 Å². The maximum Gasteiger partial charge on any atom is 0.156 e. The van der Waals surface area contributed by atoms with Gasteiger partial charge in [-0.25, -0.2) is 9.97 Å². The third-order valence-electron chi connectivity index (χ3n) is 1.31. The van der Waals surface area contributed by atoms with Gasteiger partial charge in [0.15, 0.2) is 5.75 Å². The van der Waals surface area contributed by atoms with Gasteiger partial charge >= 0.3 is 0 Å². The van der Waals surface area contributed by atoms with Gasteiger partial charge < -0.3 is 9.47 Å². The van der Waals surface area contributed by atoms with Crippen molar-refractivity contribution in [1.82, 2.24) is 9.97 Å². The third kappa shape index (κ3) is 2.84. The highest BCUT2D eigenvalue weighted by atomic mass is 16.5. The van der Waals surface area contributed by atoms with Gasteiger partial charge in [0.2, 0.25) is 0 Å². The van der Waals surface area contributed by atoms with E-state index in [-0.39, 0.29) is 0 Å². The molecular formula is C8H12N2O2. The van der Waals surface area contributed by atoms with Crippen LogP contribution in [-0.2, 0) is 4.74 Å². The number of aryl methyl sites for hydroxylation is 1. The highest BCUT2D eigenvalue weighted by Gasteiger charge is 1.93. The molecule has 0 saturated carbocycles. The minimum absolute atomic E-state index is 0.531. The molecule has 0 atom stereocenters. The van der Waals surface area contributed by atoms with Gasteiger partial charge in [-0.05, 0) is 6.92 Å². The third-order valence-corrected chi connectivity index (χ3v) is 1.31. The molecule has 4 nitrogen and oxygen atoms in total. The molecular weight excluding hydrogens is 156 g/mol. The Hall–Kier alpha value is -1.16. The average molecular weight is 168 g/mol. The van der Waals surface area contributed by atoms with Crippen molar-refractivity contribution in [3.8, 4) is 5.75 Å². The molecule has 0 aromatic carbocycles. The largest absolute Gasteiger partial charge is 0.488 e. The van der Waals surface area contributed by atoms with E-state index in [1.54, 1.807) is 19.5 Å². The second kappa shape index (κ2) is 4.66. The topological polar surface area (TPSA) is 44.2 Å². The lowest BCUT2D eigenvalue weighted by Gasteiger charge is -2.03. The summed E-state index contributed by atoms with van der Waals surface area (Å²) in [6.07, 6.45) is 3.30. The summed E-state index contributed by atoms with van der Waals surface area (Å²) in [6.45, 7) is 2.94. The van der Waals surface area contributed by atoms with Crippen molar-refractivity contribution in [2.24, 2.45) is 0 Å². The first-order valence-electron chi connectivity index (χ1n) is 3.73. The number of ether oxygens (including phenoxy) is 2. The van der Waals surface area contributed by atoms with Crippen LogP contribution < -0.4 is 4.74 Å². The summed E-state index contributed by atoms with van der Waals surface area (Å²) in [5, 5.41) is 0. The van der Waals surface area contributed by atoms with Crippen LogP contribution in [0.15, 0.2) is 12.4 Å². The van der Waals surface area contributed by atoms with Crippen LogP contribution in [0.5, 0.6) is 5.75 Å². The molecule has 1 rings (SSSR count). The number of hydrogen-bond donors (Lipinski definition) is 0. The quantitative estimate of drug-likeness (QED) is 0.624. The Kier molecular flexibility index (Phi) is 3.47. The minimum Gasteiger partial charge on any atom is -0.488 e. The summed E-state index contributed by atoms with van der Waals surface area (Å²) in [7, 11) is 1.63. The van der Waals surface area contributed by atoms with Crippen LogP contribution >= 0.6 is 0 Å². The molecule has 0 radical (unpaired) electrons. The van der Waals surface area contributed by atoms with Gasteiger partial charge in [0.05, 0.1) is 19.0 Å². The fourth-order valence-electron chi connectivity index (χ4n) is 0.698. The zero-order valence-corrected chi connectivity index (χ0v) is 7.28. The molecule has 12 heavy (non-hydrogen) atoms. The predicted octanol–water partition coefficient (Wildman–Crippen LogP) is 0.810. The van der Waals surface area contributed by atoms with Crippen LogP contribution in [-0.4, -0.2) is 30.3 Å². The molecule has 0 amide bonds. The molecule has 0 aliphatic rings. The Labute approximate surface area is 71.6 Å². The highest BCUT2D eigenvalue weighted by molar-refractivity contribution is 5.11. The lowest BCUT2D eigenvalue weighted by Crippen LogP contribution is -2.04. The number of methoxy groups -OCH3 is 1. The standard InChI is InChI=1S/C8H12N2O2/c1-7-9-5-8(6-10-7)12-4-3-11-2/h5-6H,3-4H2,1-2H3. The minimum atomic E-state index is 0.531. The van der Waals surface area contributed by atoms with E-state index in [1.165, 1.54) is 0 Å². The number of rotatable bonds is 4. The fourth-order valence-corrected chi connectivity index (χ4v) is 0.698. The second-order valence-electron chi connectivity index (χ2n) is 2.31. The van der Waals surface area contributed by atoms with Gasteiger partial charge in [0.1, 0.15) is 12.4 Å². The molecule has 4 heteroatoms. The van der Waals surface area contributed by atoms with E-state index in [9.17, 15) is 0 Å². The van der Waals surface area contributed by atoms with Crippen molar-refractivity contribution in [2.45, 2.75) is 6.92 Å². The van der Waals surface area contributed by atoms with Crippen LogP contribution in [0.25, 0.3) is 0 Å². The van der Waals surface area contributed by atoms with E-state index < -0.39 is 0 Å². The second-order valence-corrected chi connectivity index (χ2v) is 2.31. The lowest BCUT2D eigenvalue weighted by molar-refractivity contribution is 0.146. The smallest absolute Gasteiger partial charge is 0.156 e. The number of hydrogen-bond acceptors (Lipinski definition) is 4. The first kappa shape index (κ1) is 8.93. The molecule has 1 aromatic rings. The molecule has 0 N–H and O–H groups in total. The summed E-state index contributed by atoms with van der Waals surface area (Å²) in [5.74, 6) is 1.42. The van der Waals surface area contributed by atoms with Crippen molar-refractivity contribution in [2.75, 3.05) is 20.3 Å². The Bertz CT molecular complexity index is 223. The fraction of sp³-hybridized carbons (Fsp3) is 0.500. The monoisotopic (exact) mass is 168 g/mol. The highest BCUT2D eigenvalue weighted by Crippen LogP contribution is 2.04. The molecule has 66 valence electrons. The maximum absolute atomic E-state index is 5.25. The zero-order valence-electron chi connectivity index (χ0n) is 7.28. The van der Waals surface area contributed by atoms with E-state index in [4.69, 9.17) is 9.47 Å². The summed E-state index contributed by atoms with van der Waals surface area (Å²) in [6, 6.07) is 0. The predicted molar refractivity (Wildman–Crippen MR) is 44.1 cm³/mol. The van der Waals surface area contributed by atoms with Gasteiger partial charge in [0, 0.05) is 7.11 Å². The molecule has 0 bridgehead atoms. The SMILES string of the molecule is COCCOc1cnc(C)nc1. The van der Waals surface area contributed by atoms with Crippen LogP contribution in [0.3, 0.4) is 0 Å². The summed E-state index contributed by atoms with van der Waals surface area (Å²) >= 11 is 0. The van der Waals surface area contributed by atoms with Crippen molar-refractivity contribution in [1.29, 1.82) is 0 Å². The first-order valence-corrected chi connectivity index (χ1v) is 3.73. The normalized spacial score (nSPS) is 9.83. The Morgan fingerprint density at radius 2 is 1.92 bits per heavy atom. The summed E-state index contributed by atoms with van der Waals surface area (Å²) in [5.41, 5.74) is 0. The molecule has 1 heterocycles. The van der Waals surface area contributed by atoms with E-state index >= 15 is 0 Å². The van der Waals surface area contributed by atoms with Gasteiger partial charge in [-0.15, -0.1) is 0 Å². The average Bonchev–Trinajstić information content (AvgIpc) is 2.09. The Morgan fingerprint density at radius 3 is 2.50 bits per heavy atom. The van der Waals surface area contributed by atoms with Crippen LogP contribution in [0.4, 0.5) is 0 Å². The molecule has 0 unspecified atom stereocenters. The van der Waals surface area contributed by atoms with Crippen molar-refractivity contribution < 1.29 is 9.47 Å². The van der Waals surface area contributed by atoms with E-state index in [0.717, 1.165) is 5.82 Å². The van der Waals surface area contributed by atoms with Gasteiger partial charge in [-0.2, -0.15) is 0 Å². The van der Waals surface area contributed by atoms with Gasteiger partial charge in [0.25, 0.3) is 0 Å². The van der Waals surface area contributed by atoms with Crippen molar-refractivity contribution in [3.05, 3.63) is 18.2 Å². The Morgan fingerprint density at radius 1 is 1.25 bits per heavy atom. The van der Waals surface area contributed by atoms with E-state index in [1.807, 2.05) is 6.92 Å². The molecule has 0 saturated heterocycles. The first-order chi connectivity index (χ1) is 5.83. The van der Waals surface area contributed by atoms with Crippen LogP contribution in [0.2, 0.25) is 0 Å². The molecule has 0 aliphatic heterocycles. The lowest BCUT2D eigenvalue weighted by atomic mass is 10.5. The van der Waals surface area contributed by atoms with E-state index in [2.05, 4.69) is 9.97 Å². The van der Waals surface area contributed by atoms with E-state index in [0.29, 0.717) is 19.0 Å². The van der Waals surface area contributed by atoms with Gasteiger partial charge in [-0.3, -0.25) is 0 Å². The number of aromatic nitrogens is 2. The van der Waals surface area contributed by atoms with Crippen LogP contribution in [0.1, 0.15) is 5.82 Å². The number of nitrogens with zero attached hydrogens (tertiary/aromatic N) is 2. The maximum atomic E-state index is 5.25. The summed E-state index contributed by atoms with van der Waals surface area (Å²) < 4.78 is 10.1. The Balaban J connectivity index is 2.37. The zero-order chi connectivity index (χ0) is 8.81. The van der Waals surface area contributed by atoms with Crippen LogP contribution in [0, 0.1) is 6.92 Å². The molecule has 1 aromatic heterocycles. The van der Waals surface area contributed by atoms with Crippen molar-refractivity contribution >= 4 is 0 Å². The molecule has 0 spiro atoms.